The van der Waals surface area contributed by atoms with Crippen molar-refractivity contribution < 1.29 is 4.79 Å². The molecule has 1 aromatic carbocycles. The second kappa shape index (κ2) is 7.92. The molecule has 0 atom stereocenters. The highest BCUT2D eigenvalue weighted by atomic mass is 16.2. The predicted octanol–water partition coefficient (Wildman–Crippen LogP) is 2.62. The highest BCUT2D eigenvalue weighted by Gasteiger charge is 2.12. The third-order valence-corrected chi connectivity index (χ3v) is 3.89. The van der Waals surface area contributed by atoms with Crippen LogP contribution in [-0.4, -0.2) is 34.2 Å². The molecule has 0 spiro atoms. The van der Waals surface area contributed by atoms with Crippen molar-refractivity contribution in [2.45, 2.75) is 33.2 Å². The van der Waals surface area contributed by atoms with Gasteiger partial charge in [0.15, 0.2) is 0 Å². The number of hydrogen-bond acceptors (Lipinski definition) is 3. The lowest BCUT2D eigenvalue weighted by molar-refractivity contribution is -0.117. The van der Waals surface area contributed by atoms with E-state index in [1.807, 2.05) is 31.4 Å². The van der Waals surface area contributed by atoms with Crippen LogP contribution in [0, 0.1) is 0 Å². The van der Waals surface area contributed by atoms with E-state index in [0.717, 1.165) is 24.1 Å². The Labute approximate surface area is 138 Å². The Hall–Kier alpha value is -2.14. The Morgan fingerprint density at radius 3 is 2.43 bits per heavy atom. The van der Waals surface area contributed by atoms with Crippen LogP contribution in [0.4, 0.5) is 5.69 Å². The minimum absolute atomic E-state index is 0.0204. The molecule has 1 amide bonds. The Balaban J connectivity index is 1.99. The number of hydrogen-bond donors (Lipinski definition) is 1. The van der Waals surface area contributed by atoms with Gasteiger partial charge < -0.3 is 5.32 Å². The number of rotatable bonds is 7. The van der Waals surface area contributed by atoms with Gasteiger partial charge in [-0.05, 0) is 31.0 Å². The molecule has 1 aromatic heterocycles. The quantitative estimate of drug-likeness (QED) is 0.854. The van der Waals surface area contributed by atoms with Gasteiger partial charge in [-0.1, -0.05) is 32.0 Å². The number of carbonyl (C=O) groups is 1. The van der Waals surface area contributed by atoms with Crippen molar-refractivity contribution in [1.29, 1.82) is 0 Å². The Morgan fingerprint density at radius 1 is 1.26 bits per heavy atom. The summed E-state index contributed by atoms with van der Waals surface area (Å²) < 4.78 is 1.77. The smallest absolute Gasteiger partial charge is 0.238 e. The van der Waals surface area contributed by atoms with Crippen molar-refractivity contribution in [2.75, 3.05) is 18.9 Å². The van der Waals surface area contributed by atoms with Crippen LogP contribution >= 0.6 is 0 Å². The van der Waals surface area contributed by atoms with E-state index < -0.39 is 0 Å². The molecule has 1 heterocycles. The summed E-state index contributed by atoms with van der Waals surface area (Å²) in [5.74, 6) is 0.0204. The van der Waals surface area contributed by atoms with Crippen molar-refractivity contribution in [1.82, 2.24) is 14.7 Å². The summed E-state index contributed by atoms with van der Waals surface area (Å²) in [6.07, 6.45) is 5.62. The average Bonchev–Trinajstić information content (AvgIpc) is 2.92. The van der Waals surface area contributed by atoms with Crippen LogP contribution in [-0.2, 0) is 31.2 Å². The summed E-state index contributed by atoms with van der Waals surface area (Å²) in [6, 6.07) is 6.21. The van der Waals surface area contributed by atoms with Crippen LogP contribution in [0.5, 0.6) is 0 Å². The van der Waals surface area contributed by atoms with E-state index in [9.17, 15) is 4.79 Å². The van der Waals surface area contributed by atoms with Crippen LogP contribution in [0.3, 0.4) is 0 Å². The topological polar surface area (TPSA) is 50.2 Å². The van der Waals surface area contributed by atoms with E-state index in [-0.39, 0.29) is 5.91 Å². The molecular weight excluding hydrogens is 288 g/mol. The molecule has 5 heteroatoms. The fourth-order valence-electron chi connectivity index (χ4n) is 2.75. The number of likely N-dealkylation sites (N-methyl/N-ethyl adjacent to an activating group) is 1. The van der Waals surface area contributed by atoms with Gasteiger partial charge in [-0.3, -0.25) is 14.4 Å². The molecule has 124 valence electrons. The first-order valence-corrected chi connectivity index (χ1v) is 8.10. The molecule has 5 nitrogen and oxygen atoms in total. The lowest BCUT2D eigenvalue weighted by atomic mass is 10.0. The number of anilines is 1. The second-order valence-electron chi connectivity index (χ2n) is 5.90. The van der Waals surface area contributed by atoms with E-state index in [4.69, 9.17) is 0 Å². The number of nitrogens with zero attached hydrogens (tertiary/aromatic N) is 3. The van der Waals surface area contributed by atoms with Gasteiger partial charge in [-0.2, -0.15) is 5.10 Å². The number of aromatic nitrogens is 2. The number of para-hydroxylation sites is 1. The minimum Gasteiger partial charge on any atom is -0.324 e. The van der Waals surface area contributed by atoms with Crippen LogP contribution in [0.15, 0.2) is 30.6 Å². The van der Waals surface area contributed by atoms with Crippen molar-refractivity contribution in [3.8, 4) is 0 Å². The normalized spacial score (nSPS) is 11.0. The number of nitrogens with one attached hydrogen (secondary N) is 1. The zero-order valence-corrected chi connectivity index (χ0v) is 14.5. The Morgan fingerprint density at radius 2 is 1.91 bits per heavy atom. The van der Waals surface area contributed by atoms with Gasteiger partial charge in [0, 0.05) is 31.0 Å². The standard InChI is InChI=1S/C18H26N4O/c1-5-15-8-7-9-16(6-2)18(15)20-17(23)13-21(3)11-14-10-19-22(4)12-14/h7-10,12H,5-6,11,13H2,1-4H3,(H,20,23). The largest absolute Gasteiger partial charge is 0.324 e. The third-order valence-electron chi connectivity index (χ3n) is 3.89. The molecule has 23 heavy (non-hydrogen) atoms. The van der Waals surface area contributed by atoms with E-state index in [0.29, 0.717) is 13.1 Å². The molecule has 0 fully saturated rings. The molecule has 0 unspecified atom stereocenters. The van der Waals surface area contributed by atoms with Gasteiger partial charge >= 0.3 is 0 Å². The molecule has 2 rings (SSSR count). The molecule has 0 aliphatic heterocycles. The molecule has 0 saturated heterocycles. The lowest BCUT2D eigenvalue weighted by Gasteiger charge is -2.18. The first-order chi connectivity index (χ1) is 11.0. The number of carbonyl (C=O) groups excluding carboxylic acids is 1. The monoisotopic (exact) mass is 314 g/mol. The second-order valence-corrected chi connectivity index (χ2v) is 5.90. The van der Waals surface area contributed by atoms with E-state index in [2.05, 4.69) is 42.5 Å². The van der Waals surface area contributed by atoms with Gasteiger partial charge in [0.2, 0.25) is 5.91 Å². The van der Waals surface area contributed by atoms with E-state index in [1.165, 1.54) is 11.1 Å². The maximum absolute atomic E-state index is 12.4. The van der Waals surface area contributed by atoms with Crippen LogP contribution in [0.2, 0.25) is 0 Å². The maximum atomic E-state index is 12.4. The van der Waals surface area contributed by atoms with Crippen LogP contribution in [0.25, 0.3) is 0 Å². The first kappa shape index (κ1) is 17.2. The summed E-state index contributed by atoms with van der Waals surface area (Å²) in [7, 11) is 3.84. The summed E-state index contributed by atoms with van der Waals surface area (Å²) in [5, 5.41) is 7.25. The van der Waals surface area contributed by atoms with Crippen LogP contribution < -0.4 is 5.32 Å². The number of aryl methyl sites for hydroxylation is 3. The zero-order chi connectivity index (χ0) is 16.8. The molecule has 1 N–H and O–H groups in total. The van der Waals surface area contributed by atoms with Gasteiger partial charge in [0.25, 0.3) is 0 Å². The third kappa shape index (κ3) is 4.66. The van der Waals surface area contributed by atoms with Crippen molar-refractivity contribution in [3.63, 3.8) is 0 Å². The fraction of sp³-hybridized carbons (Fsp3) is 0.444. The molecule has 0 aliphatic rings. The van der Waals surface area contributed by atoms with Crippen molar-refractivity contribution in [3.05, 3.63) is 47.3 Å². The summed E-state index contributed by atoms with van der Waals surface area (Å²) in [4.78, 5) is 14.4. The molecule has 0 saturated carbocycles. The molecule has 0 radical (unpaired) electrons. The average molecular weight is 314 g/mol. The highest BCUT2D eigenvalue weighted by Crippen LogP contribution is 2.22. The van der Waals surface area contributed by atoms with E-state index >= 15 is 0 Å². The molecule has 0 bridgehead atoms. The predicted molar refractivity (Wildman–Crippen MR) is 93.4 cm³/mol. The lowest BCUT2D eigenvalue weighted by Crippen LogP contribution is -2.30. The van der Waals surface area contributed by atoms with Gasteiger partial charge in [0.1, 0.15) is 0 Å². The van der Waals surface area contributed by atoms with E-state index in [1.54, 1.807) is 4.68 Å². The highest BCUT2D eigenvalue weighted by molar-refractivity contribution is 5.93. The van der Waals surface area contributed by atoms with Gasteiger partial charge in [-0.15, -0.1) is 0 Å². The maximum Gasteiger partial charge on any atom is 0.238 e. The minimum atomic E-state index is 0.0204. The van der Waals surface area contributed by atoms with Crippen molar-refractivity contribution in [2.24, 2.45) is 7.05 Å². The fourth-order valence-corrected chi connectivity index (χ4v) is 2.75. The first-order valence-electron chi connectivity index (χ1n) is 8.10. The summed E-state index contributed by atoms with van der Waals surface area (Å²) >= 11 is 0. The molecule has 2 aromatic rings. The number of benzene rings is 1. The Kier molecular flexibility index (Phi) is 5.93. The van der Waals surface area contributed by atoms with Crippen LogP contribution in [0.1, 0.15) is 30.5 Å². The SMILES string of the molecule is CCc1cccc(CC)c1NC(=O)CN(C)Cc1cnn(C)c1. The molecular formula is C18H26N4O. The zero-order valence-electron chi connectivity index (χ0n) is 14.5. The summed E-state index contributed by atoms with van der Waals surface area (Å²) in [6.45, 7) is 5.28. The van der Waals surface area contributed by atoms with Crippen molar-refractivity contribution >= 4 is 11.6 Å². The molecule has 0 aliphatic carbocycles. The number of amides is 1. The van der Waals surface area contributed by atoms with Gasteiger partial charge in [0.05, 0.1) is 12.7 Å². The summed E-state index contributed by atoms with van der Waals surface area (Å²) in [5.41, 5.74) is 4.46. The van der Waals surface area contributed by atoms with Gasteiger partial charge in [-0.25, -0.2) is 0 Å². The Bertz CT molecular complexity index is 641.